The molecule has 0 spiro atoms. The molecule has 0 saturated carbocycles. The summed E-state index contributed by atoms with van der Waals surface area (Å²) in [6.45, 7) is 0. The number of nitrogens with one attached hydrogen (secondary N) is 1. The Hall–Kier alpha value is -2.24. The first-order chi connectivity index (χ1) is 7.09. The number of rotatable bonds is 1. The number of aromatic carboxylic acids is 1. The number of carboxylic acids is 1. The molecule has 0 fully saturated rings. The number of fused-ring (bicyclic) bond motifs is 1. The van der Waals surface area contributed by atoms with Crippen molar-refractivity contribution in [1.29, 1.82) is 0 Å². The van der Waals surface area contributed by atoms with Gasteiger partial charge in [0, 0.05) is 5.39 Å². The van der Waals surface area contributed by atoms with Crippen molar-refractivity contribution in [3.8, 4) is 0 Å². The van der Waals surface area contributed by atoms with E-state index >= 15 is 0 Å². The van der Waals surface area contributed by atoms with Gasteiger partial charge in [-0.05, 0) is 18.2 Å². The Labute approximate surface area is 82.2 Å². The fourth-order valence-corrected chi connectivity index (χ4v) is 1.25. The molecule has 0 atom stereocenters. The van der Waals surface area contributed by atoms with Crippen molar-refractivity contribution in [2.75, 3.05) is 0 Å². The summed E-state index contributed by atoms with van der Waals surface area (Å²) in [6, 6.07) is 3.39. The van der Waals surface area contributed by atoms with E-state index in [0.29, 0.717) is 0 Å². The van der Waals surface area contributed by atoms with Crippen molar-refractivity contribution in [2.24, 2.45) is 0 Å². The van der Waals surface area contributed by atoms with Gasteiger partial charge in [0.1, 0.15) is 5.82 Å². The van der Waals surface area contributed by atoms with Crippen molar-refractivity contribution >= 4 is 16.9 Å². The average molecular weight is 208 g/mol. The van der Waals surface area contributed by atoms with Gasteiger partial charge in [-0.25, -0.2) is 9.18 Å². The van der Waals surface area contributed by atoms with E-state index in [1.165, 1.54) is 6.07 Å². The van der Waals surface area contributed by atoms with E-state index in [-0.39, 0.29) is 10.9 Å². The van der Waals surface area contributed by atoms with Crippen LogP contribution in [0, 0.1) is 5.82 Å². The van der Waals surface area contributed by atoms with Gasteiger partial charge in [-0.1, -0.05) is 0 Å². The molecule has 0 amide bonds. The van der Waals surface area contributed by atoms with Crippen LogP contribution in [0.1, 0.15) is 10.5 Å². The van der Waals surface area contributed by atoms with Crippen molar-refractivity contribution in [3.63, 3.8) is 0 Å². The lowest BCUT2D eigenvalue weighted by molar-refractivity contribution is 0.0688. The van der Waals surface area contributed by atoms with Crippen molar-refractivity contribution in [2.45, 2.75) is 0 Å². The highest BCUT2D eigenvalue weighted by molar-refractivity contribution is 5.90. The van der Waals surface area contributed by atoms with Crippen molar-refractivity contribution in [1.82, 2.24) is 10.2 Å². The van der Waals surface area contributed by atoms with E-state index in [0.717, 1.165) is 12.1 Å². The molecule has 2 N–H and O–H groups in total. The van der Waals surface area contributed by atoms with Gasteiger partial charge < -0.3 is 5.11 Å². The lowest BCUT2D eigenvalue weighted by atomic mass is 10.2. The number of aromatic amines is 1. The Morgan fingerprint density at radius 3 is 2.87 bits per heavy atom. The largest absolute Gasteiger partial charge is 0.476 e. The van der Waals surface area contributed by atoms with Crippen LogP contribution in [0.4, 0.5) is 4.39 Å². The summed E-state index contributed by atoms with van der Waals surface area (Å²) in [5.41, 5.74) is -1.16. The highest BCUT2D eigenvalue weighted by Gasteiger charge is 2.13. The zero-order chi connectivity index (χ0) is 11.0. The number of H-pyrrole nitrogens is 1. The molecule has 0 saturated heterocycles. The molecule has 0 unspecified atom stereocenters. The molecule has 0 bridgehead atoms. The highest BCUT2D eigenvalue weighted by atomic mass is 19.1. The summed E-state index contributed by atoms with van der Waals surface area (Å²) in [4.78, 5) is 22.1. The third kappa shape index (κ3) is 1.45. The van der Waals surface area contributed by atoms with E-state index in [2.05, 4.69) is 10.2 Å². The number of hydrogen-bond acceptors (Lipinski definition) is 3. The SMILES string of the molecule is O=C(O)c1n[nH]c2cc(F)ccc2c1=O. The lowest BCUT2D eigenvalue weighted by Crippen LogP contribution is -2.18. The third-order valence-electron chi connectivity index (χ3n) is 1.93. The van der Waals surface area contributed by atoms with E-state index in [1.54, 1.807) is 0 Å². The highest BCUT2D eigenvalue weighted by Crippen LogP contribution is 2.08. The average Bonchev–Trinajstić information content (AvgIpc) is 2.17. The van der Waals surface area contributed by atoms with E-state index < -0.39 is 22.9 Å². The first-order valence-electron chi connectivity index (χ1n) is 4.01. The second kappa shape index (κ2) is 3.16. The minimum Gasteiger partial charge on any atom is -0.476 e. The lowest BCUT2D eigenvalue weighted by Gasteiger charge is -1.98. The molecule has 6 heteroatoms. The van der Waals surface area contributed by atoms with Gasteiger partial charge in [-0.15, -0.1) is 0 Å². The van der Waals surface area contributed by atoms with Crippen molar-refractivity contribution in [3.05, 3.63) is 39.9 Å². The molecule has 5 nitrogen and oxygen atoms in total. The first-order valence-corrected chi connectivity index (χ1v) is 4.01. The van der Waals surface area contributed by atoms with Gasteiger partial charge in [0.05, 0.1) is 5.52 Å². The predicted molar refractivity (Wildman–Crippen MR) is 49.3 cm³/mol. The van der Waals surface area contributed by atoms with Crippen molar-refractivity contribution < 1.29 is 14.3 Å². The standard InChI is InChI=1S/C9H5FN2O3/c10-4-1-2-5-6(3-4)11-12-7(8(5)13)9(14)15/h1-3H,(H,11,13)(H,14,15). The number of carbonyl (C=O) groups is 1. The van der Waals surface area contributed by atoms with Gasteiger partial charge in [0.25, 0.3) is 0 Å². The van der Waals surface area contributed by atoms with Crippen LogP contribution in [0.15, 0.2) is 23.0 Å². The molecule has 76 valence electrons. The Kier molecular flexibility index (Phi) is 1.96. The van der Waals surface area contributed by atoms with Crippen LogP contribution in [0.3, 0.4) is 0 Å². The smallest absolute Gasteiger partial charge is 0.360 e. The maximum Gasteiger partial charge on any atom is 0.360 e. The Balaban J connectivity index is 2.86. The molecule has 0 aliphatic carbocycles. The number of carboxylic acid groups (broad SMARTS) is 1. The fraction of sp³-hybridized carbons (Fsp3) is 0. The second-order valence-corrected chi connectivity index (χ2v) is 2.90. The van der Waals surface area contributed by atoms with Gasteiger partial charge in [0.2, 0.25) is 11.1 Å². The quantitative estimate of drug-likeness (QED) is 0.724. The van der Waals surface area contributed by atoms with Crippen LogP contribution >= 0.6 is 0 Å². The van der Waals surface area contributed by atoms with Crippen LogP contribution < -0.4 is 5.43 Å². The molecule has 1 aromatic heterocycles. The zero-order valence-electron chi connectivity index (χ0n) is 7.32. The van der Waals surface area contributed by atoms with Gasteiger partial charge in [0.15, 0.2) is 0 Å². The molecule has 0 radical (unpaired) electrons. The van der Waals surface area contributed by atoms with Gasteiger partial charge in [-0.2, -0.15) is 5.10 Å². The minimum absolute atomic E-state index is 0.101. The fourth-order valence-electron chi connectivity index (χ4n) is 1.25. The second-order valence-electron chi connectivity index (χ2n) is 2.90. The summed E-state index contributed by atoms with van der Waals surface area (Å²) < 4.78 is 12.8. The molecule has 0 aliphatic heterocycles. The Bertz CT molecular complexity index is 606. The van der Waals surface area contributed by atoms with Crippen LogP contribution in [0.2, 0.25) is 0 Å². The van der Waals surface area contributed by atoms with Crippen LogP contribution in [-0.2, 0) is 0 Å². The summed E-state index contributed by atoms with van der Waals surface area (Å²) in [5.74, 6) is -1.94. The number of aromatic nitrogens is 2. The Morgan fingerprint density at radius 1 is 1.47 bits per heavy atom. The number of halogens is 1. The van der Waals surface area contributed by atoms with Crippen LogP contribution in [0.5, 0.6) is 0 Å². The molecule has 2 aromatic rings. The normalized spacial score (nSPS) is 10.5. The monoisotopic (exact) mass is 208 g/mol. The maximum absolute atomic E-state index is 12.8. The maximum atomic E-state index is 12.8. The molecule has 1 heterocycles. The summed E-state index contributed by atoms with van der Waals surface area (Å²) >= 11 is 0. The van der Waals surface area contributed by atoms with Gasteiger partial charge >= 0.3 is 5.97 Å². The number of hydrogen-bond donors (Lipinski definition) is 2. The zero-order valence-corrected chi connectivity index (χ0v) is 7.32. The number of nitrogens with zero attached hydrogens (tertiary/aromatic N) is 1. The minimum atomic E-state index is -1.41. The molecular weight excluding hydrogens is 203 g/mol. The van der Waals surface area contributed by atoms with Gasteiger partial charge in [-0.3, -0.25) is 9.89 Å². The predicted octanol–water partition coefficient (Wildman–Crippen LogP) is 0.760. The number of benzene rings is 1. The molecule has 0 aliphatic rings. The first kappa shape index (κ1) is 9.32. The molecule has 2 rings (SSSR count). The van der Waals surface area contributed by atoms with Crippen LogP contribution in [-0.4, -0.2) is 21.3 Å². The third-order valence-corrected chi connectivity index (χ3v) is 1.93. The molecular formula is C9H5FN2O3. The molecule has 15 heavy (non-hydrogen) atoms. The summed E-state index contributed by atoms with van der Waals surface area (Å²) in [5, 5.41) is 14.4. The topological polar surface area (TPSA) is 83.0 Å². The Morgan fingerprint density at radius 2 is 2.20 bits per heavy atom. The summed E-state index contributed by atoms with van der Waals surface area (Å²) in [7, 11) is 0. The summed E-state index contributed by atoms with van der Waals surface area (Å²) in [6.07, 6.45) is 0. The van der Waals surface area contributed by atoms with E-state index in [1.807, 2.05) is 0 Å². The molecule has 1 aromatic carbocycles. The van der Waals surface area contributed by atoms with E-state index in [9.17, 15) is 14.0 Å². The van der Waals surface area contributed by atoms with E-state index in [4.69, 9.17) is 5.11 Å². The van der Waals surface area contributed by atoms with Crippen LogP contribution in [0.25, 0.3) is 10.9 Å².